The summed E-state index contributed by atoms with van der Waals surface area (Å²) in [6.07, 6.45) is -2.38. The number of nitrogens with zero attached hydrogens (tertiary/aromatic N) is 5. The van der Waals surface area contributed by atoms with Crippen molar-refractivity contribution in [3.63, 3.8) is 0 Å². The van der Waals surface area contributed by atoms with Gasteiger partial charge in [-0.1, -0.05) is 0 Å². The van der Waals surface area contributed by atoms with E-state index in [0.717, 1.165) is 0 Å². The lowest BCUT2D eigenvalue weighted by Crippen LogP contribution is -2.17. The topological polar surface area (TPSA) is 104 Å². The standard InChI is InChI=1S/C9H10F3N7O/c10-9(11,12)2-5-20-8-16-6(18-13)15-7(17-8)19-4-1-3-14-19/h1,3-4H,2,5,13H2,(H,15,16,17,18). The van der Waals surface area contributed by atoms with E-state index in [2.05, 4.69) is 25.5 Å². The van der Waals surface area contributed by atoms with Gasteiger partial charge in [0.25, 0.3) is 5.95 Å². The maximum atomic E-state index is 12.0. The second-order valence-electron chi connectivity index (χ2n) is 3.55. The number of anilines is 1. The minimum atomic E-state index is -4.31. The van der Waals surface area contributed by atoms with Gasteiger partial charge in [-0.2, -0.15) is 33.2 Å². The molecule has 0 fully saturated rings. The Kier molecular flexibility index (Phi) is 3.98. The summed E-state index contributed by atoms with van der Waals surface area (Å²) in [5.74, 6) is 5.19. The molecule has 0 aliphatic carbocycles. The van der Waals surface area contributed by atoms with Gasteiger partial charge in [0.05, 0.1) is 6.42 Å². The highest BCUT2D eigenvalue weighted by Crippen LogP contribution is 2.19. The van der Waals surface area contributed by atoms with Gasteiger partial charge in [0, 0.05) is 12.4 Å². The van der Waals surface area contributed by atoms with Gasteiger partial charge in [0.15, 0.2) is 0 Å². The Labute approximate surface area is 110 Å². The first kappa shape index (κ1) is 14.0. The number of alkyl halides is 3. The van der Waals surface area contributed by atoms with Crippen molar-refractivity contribution in [3.05, 3.63) is 18.5 Å². The lowest BCUT2D eigenvalue weighted by atomic mass is 10.4. The molecule has 2 aromatic heterocycles. The quantitative estimate of drug-likeness (QED) is 0.616. The lowest BCUT2D eigenvalue weighted by molar-refractivity contribution is -0.139. The van der Waals surface area contributed by atoms with Gasteiger partial charge in [-0.15, -0.1) is 0 Å². The molecule has 0 unspecified atom stereocenters. The molecule has 20 heavy (non-hydrogen) atoms. The molecular weight excluding hydrogens is 279 g/mol. The highest BCUT2D eigenvalue weighted by atomic mass is 19.4. The van der Waals surface area contributed by atoms with Crippen molar-refractivity contribution >= 4 is 5.95 Å². The van der Waals surface area contributed by atoms with Crippen LogP contribution in [0.25, 0.3) is 5.95 Å². The van der Waals surface area contributed by atoms with Crippen molar-refractivity contribution in [1.82, 2.24) is 24.7 Å². The van der Waals surface area contributed by atoms with Crippen LogP contribution in [0.5, 0.6) is 6.01 Å². The number of hydrogen-bond acceptors (Lipinski definition) is 7. The van der Waals surface area contributed by atoms with Crippen molar-refractivity contribution in [2.75, 3.05) is 12.0 Å². The average molecular weight is 289 g/mol. The summed E-state index contributed by atoms with van der Waals surface area (Å²) >= 11 is 0. The molecule has 2 aromatic rings. The van der Waals surface area contributed by atoms with E-state index in [4.69, 9.17) is 10.6 Å². The second kappa shape index (κ2) is 5.69. The van der Waals surface area contributed by atoms with Crippen molar-refractivity contribution < 1.29 is 17.9 Å². The number of nitrogen functional groups attached to an aromatic ring is 1. The number of hydrazine groups is 1. The van der Waals surface area contributed by atoms with Crippen LogP contribution in [-0.2, 0) is 0 Å². The highest BCUT2D eigenvalue weighted by molar-refractivity contribution is 5.28. The molecule has 2 heterocycles. The third-order valence-corrected chi connectivity index (χ3v) is 2.06. The van der Waals surface area contributed by atoms with Crippen LogP contribution in [0.1, 0.15) is 6.42 Å². The Bertz CT molecular complexity index is 557. The van der Waals surface area contributed by atoms with Gasteiger partial charge in [-0.3, -0.25) is 5.43 Å². The number of nitrogens with one attached hydrogen (secondary N) is 1. The van der Waals surface area contributed by atoms with Crippen molar-refractivity contribution in [2.24, 2.45) is 5.84 Å². The fraction of sp³-hybridized carbons (Fsp3) is 0.333. The summed E-state index contributed by atoms with van der Waals surface area (Å²) in [6.45, 7) is -0.601. The molecule has 8 nitrogen and oxygen atoms in total. The number of hydrogen-bond donors (Lipinski definition) is 2. The van der Waals surface area contributed by atoms with Gasteiger partial charge in [-0.05, 0) is 6.07 Å². The van der Waals surface area contributed by atoms with Gasteiger partial charge < -0.3 is 4.74 Å². The SMILES string of the molecule is NNc1nc(OCCC(F)(F)F)nc(-n2cccn2)n1. The van der Waals surface area contributed by atoms with Gasteiger partial charge >= 0.3 is 12.2 Å². The number of nitrogens with two attached hydrogens (primary N) is 1. The zero-order chi connectivity index (χ0) is 14.6. The molecule has 0 aromatic carbocycles. The average Bonchev–Trinajstić information content (AvgIpc) is 2.90. The summed E-state index contributed by atoms with van der Waals surface area (Å²) in [4.78, 5) is 11.4. The van der Waals surface area contributed by atoms with Crippen LogP contribution in [0.3, 0.4) is 0 Å². The first-order valence-electron chi connectivity index (χ1n) is 5.40. The van der Waals surface area contributed by atoms with Crippen LogP contribution in [-0.4, -0.2) is 37.5 Å². The van der Waals surface area contributed by atoms with Crippen LogP contribution < -0.4 is 16.0 Å². The van der Waals surface area contributed by atoms with E-state index in [-0.39, 0.29) is 17.9 Å². The van der Waals surface area contributed by atoms with E-state index in [9.17, 15) is 13.2 Å². The van der Waals surface area contributed by atoms with E-state index >= 15 is 0 Å². The second-order valence-corrected chi connectivity index (χ2v) is 3.55. The molecule has 0 aliphatic heterocycles. The Morgan fingerprint density at radius 2 is 2.10 bits per heavy atom. The van der Waals surface area contributed by atoms with Gasteiger partial charge in [0.1, 0.15) is 6.61 Å². The van der Waals surface area contributed by atoms with Crippen LogP contribution in [0.4, 0.5) is 19.1 Å². The van der Waals surface area contributed by atoms with Crippen LogP contribution in [0, 0.1) is 0 Å². The van der Waals surface area contributed by atoms with E-state index < -0.39 is 19.2 Å². The molecule has 0 saturated carbocycles. The van der Waals surface area contributed by atoms with E-state index in [1.807, 2.05) is 0 Å². The Morgan fingerprint density at radius 1 is 1.30 bits per heavy atom. The summed E-state index contributed by atoms with van der Waals surface area (Å²) in [7, 11) is 0. The smallest absolute Gasteiger partial charge is 0.392 e. The van der Waals surface area contributed by atoms with Crippen molar-refractivity contribution in [2.45, 2.75) is 12.6 Å². The van der Waals surface area contributed by atoms with Crippen LogP contribution >= 0.6 is 0 Å². The molecular formula is C9H10F3N7O. The molecule has 0 spiro atoms. The molecule has 0 atom stereocenters. The maximum Gasteiger partial charge on any atom is 0.392 e. The van der Waals surface area contributed by atoms with Gasteiger partial charge in [-0.25, -0.2) is 10.5 Å². The van der Waals surface area contributed by atoms with Crippen LogP contribution in [0.15, 0.2) is 18.5 Å². The Hall–Kier alpha value is -2.43. The number of halogens is 3. The van der Waals surface area contributed by atoms with Crippen molar-refractivity contribution in [1.29, 1.82) is 0 Å². The summed E-state index contributed by atoms with van der Waals surface area (Å²) < 4.78 is 42.2. The lowest BCUT2D eigenvalue weighted by Gasteiger charge is -2.09. The fourth-order valence-corrected chi connectivity index (χ4v) is 1.22. The van der Waals surface area contributed by atoms with Crippen LogP contribution in [0.2, 0.25) is 0 Å². The fourth-order valence-electron chi connectivity index (χ4n) is 1.22. The minimum Gasteiger partial charge on any atom is -0.463 e. The minimum absolute atomic E-state index is 0.0486. The monoisotopic (exact) mass is 289 g/mol. The molecule has 3 N–H and O–H groups in total. The summed E-state index contributed by atoms with van der Waals surface area (Å²) in [5.41, 5.74) is 2.17. The molecule has 0 saturated heterocycles. The molecule has 0 radical (unpaired) electrons. The molecule has 108 valence electrons. The molecule has 11 heteroatoms. The highest BCUT2D eigenvalue weighted by Gasteiger charge is 2.27. The Morgan fingerprint density at radius 3 is 2.70 bits per heavy atom. The van der Waals surface area contributed by atoms with E-state index in [1.165, 1.54) is 10.9 Å². The normalized spacial score (nSPS) is 11.4. The molecule has 0 amide bonds. The number of rotatable bonds is 5. The zero-order valence-corrected chi connectivity index (χ0v) is 10.0. The summed E-state index contributed by atoms with van der Waals surface area (Å²) in [6, 6.07) is 1.35. The predicted molar refractivity (Wildman–Crippen MR) is 60.9 cm³/mol. The first-order valence-corrected chi connectivity index (χ1v) is 5.40. The van der Waals surface area contributed by atoms with Gasteiger partial charge in [0.2, 0.25) is 5.95 Å². The number of ether oxygens (including phenoxy) is 1. The predicted octanol–water partition coefficient (Wildman–Crippen LogP) is 0.674. The summed E-state index contributed by atoms with van der Waals surface area (Å²) in [5, 5.41) is 3.88. The first-order chi connectivity index (χ1) is 9.48. The van der Waals surface area contributed by atoms with E-state index in [1.54, 1.807) is 12.3 Å². The van der Waals surface area contributed by atoms with E-state index in [0.29, 0.717) is 0 Å². The largest absolute Gasteiger partial charge is 0.463 e. The molecule has 2 rings (SSSR count). The third-order valence-electron chi connectivity index (χ3n) is 2.06. The van der Waals surface area contributed by atoms with Crippen molar-refractivity contribution in [3.8, 4) is 12.0 Å². The Balaban J connectivity index is 2.14. The zero-order valence-electron chi connectivity index (χ0n) is 10.0. The maximum absolute atomic E-state index is 12.0. The third kappa shape index (κ3) is 3.78. The number of aromatic nitrogens is 5. The molecule has 0 bridgehead atoms. The molecule has 0 aliphatic rings.